The molecule has 0 aliphatic carbocycles. The predicted molar refractivity (Wildman–Crippen MR) is 89.9 cm³/mol. The van der Waals surface area contributed by atoms with Gasteiger partial charge in [0, 0.05) is 18.3 Å². The first-order valence-corrected chi connectivity index (χ1v) is 9.05. The highest BCUT2D eigenvalue weighted by atomic mass is 32.2. The van der Waals surface area contributed by atoms with E-state index in [0.717, 1.165) is 12.1 Å². The standard InChI is InChI=1S/C16H28N2O2S/c1-13(2)17-12-14-6-8-15(9-7-14)18-21(19,20)11-10-16(3,4)5/h6-9,13,17-18H,10-12H2,1-5H3. The number of hydrogen-bond acceptors (Lipinski definition) is 3. The van der Waals surface area contributed by atoms with Gasteiger partial charge in [0.1, 0.15) is 0 Å². The van der Waals surface area contributed by atoms with Crippen LogP contribution in [0, 0.1) is 5.41 Å². The number of hydrogen-bond donors (Lipinski definition) is 2. The van der Waals surface area contributed by atoms with Crippen LogP contribution in [0.5, 0.6) is 0 Å². The van der Waals surface area contributed by atoms with Gasteiger partial charge in [0.05, 0.1) is 5.75 Å². The van der Waals surface area contributed by atoms with E-state index >= 15 is 0 Å². The van der Waals surface area contributed by atoms with E-state index < -0.39 is 10.0 Å². The summed E-state index contributed by atoms with van der Waals surface area (Å²) in [4.78, 5) is 0. The van der Waals surface area contributed by atoms with Crippen molar-refractivity contribution in [3.05, 3.63) is 29.8 Å². The molecule has 1 aromatic carbocycles. The van der Waals surface area contributed by atoms with Gasteiger partial charge in [-0.25, -0.2) is 8.42 Å². The Kier molecular flexibility index (Phi) is 6.23. The minimum Gasteiger partial charge on any atom is -0.310 e. The Balaban J connectivity index is 2.58. The molecule has 0 saturated carbocycles. The van der Waals surface area contributed by atoms with Crippen molar-refractivity contribution in [2.45, 2.75) is 53.6 Å². The van der Waals surface area contributed by atoms with Crippen LogP contribution in [0.1, 0.15) is 46.6 Å². The summed E-state index contributed by atoms with van der Waals surface area (Å²) in [5.74, 6) is 0.146. The summed E-state index contributed by atoms with van der Waals surface area (Å²) in [5.41, 5.74) is 1.78. The molecule has 0 heterocycles. The third-order valence-electron chi connectivity index (χ3n) is 3.06. The fraction of sp³-hybridized carbons (Fsp3) is 0.625. The summed E-state index contributed by atoms with van der Waals surface area (Å²) < 4.78 is 26.7. The number of rotatable bonds is 7. The Morgan fingerprint density at radius 1 is 1.10 bits per heavy atom. The van der Waals surface area contributed by atoms with E-state index in [0.29, 0.717) is 18.2 Å². The van der Waals surface area contributed by atoms with Gasteiger partial charge < -0.3 is 5.32 Å². The molecule has 0 saturated heterocycles. The molecule has 0 atom stereocenters. The molecule has 0 radical (unpaired) electrons. The summed E-state index contributed by atoms with van der Waals surface area (Å²) in [5, 5.41) is 3.33. The van der Waals surface area contributed by atoms with E-state index in [9.17, 15) is 8.42 Å². The predicted octanol–water partition coefficient (Wildman–Crippen LogP) is 3.36. The lowest BCUT2D eigenvalue weighted by Crippen LogP contribution is -2.22. The molecule has 2 N–H and O–H groups in total. The fourth-order valence-corrected chi connectivity index (χ4v) is 3.16. The quantitative estimate of drug-likeness (QED) is 0.811. The Bertz CT molecular complexity index is 528. The van der Waals surface area contributed by atoms with Crippen LogP contribution in [0.4, 0.5) is 5.69 Å². The van der Waals surface area contributed by atoms with Crippen molar-refractivity contribution in [2.24, 2.45) is 5.41 Å². The van der Waals surface area contributed by atoms with Crippen LogP contribution in [0.2, 0.25) is 0 Å². The average Bonchev–Trinajstić information content (AvgIpc) is 2.35. The second-order valence-corrected chi connectivity index (χ2v) is 8.81. The van der Waals surface area contributed by atoms with Gasteiger partial charge in [-0.05, 0) is 29.5 Å². The van der Waals surface area contributed by atoms with Crippen LogP contribution in [-0.4, -0.2) is 20.2 Å². The topological polar surface area (TPSA) is 58.2 Å². The first kappa shape index (κ1) is 18.0. The molecule has 0 fully saturated rings. The number of sulfonamides is 1. The number of benzene rings is 1. The van der Waals surface area contributed by atoms with Crippen LogP contribution in [0.15, 0.2) is 24.3 Å². The molecule has 0 unspecified atom stereocenters. The molecule has 0 bridgehead atoms. The van der Waals surface area contributed by atoms with Crippen molar-refractivity contribution >= 4 is 15.7 Å². The first-order valence-electron chi connectivity index (χ1n) is 7.40. The third-order valence-corrected chi connectivity index (χ3v) is 4.35. The third kappa shape index (κ3) is 8.07. The highest BCUT2D eigenvalue weighted by Crippen LogP contribution is 2.20. The van der Waals surface area contributed by atoms with Crippen LogP contribution in [0.25, 0.3) is 0 Å². The zero-order valence-electron chi connectivity index (χ0n) is 13.7. The normalized spacial score (nSPS) is 12.7. The minimum absolute atomic E-state index is 0.0150. The molecule has 0 amide bonds. The van der Waals surface area contributed by atoms with Crippen molar-refractivity contribution in [1.82, 2.24) is 5.32 Å². The number of nitrogens with one attached hydrogen (secondary N) is 2. The van der Waals surface area contributed by atoms with Crippen LogP contribution < -0.4 is 10.0 Å². The lowest BCUT2D eigenvalue weighted by atomic mass is 9.94. The molecule has 120 valence electrons. The molecular formula is C16H28N2O2S. The fourth-order valence-electron chi connectivity index (χ4n) is 1.68. The SMILES string of the molecule is CC(C)NCc1ccc(NS(=O)(=O)CCC(C)(C)C)cc1. The van der Waals surface area contributed by atoms with Gasteiger partial charge in [0.15, 0.2) is 0 Å². The van der Waals surface area contributed by atoms with Gasteiger partial charge in [-0.3, -0.25) is 4.72 Å². The maximum atomic E-state index is 12.0. The number of anilines is 1. The second-order valence-electron chi connectivity index (χ2n) is 6.96. The summed E-state index contributed by atoms with van der Waals surface area (Å²) >= 11 is 0. The second kappa shape index (κ2) is 7.27. The molecule has 0 aliphatic heterocycles. The maximum absolute atomic E-state index is 12.0. The average molecular weight is 312 g/mol. The van der Waals surface area contributed by atoms with Crippen LogP contribution in [-0.2, 0) is 16.6 Å². The van der Waals surface area contributed by atoms with E-state index in [1.807, 2.05) is 45.0 Å². The summed E-state index contributed by atoms with van der Waals surface area (Å²) in [6.07, 6.45) is 0.638. The van der Waals surface area contributed by atoms with Gasteiger partial charge in [0.25, 0.3) is 0 Å². The highest BCUT2D eigenvalue weighted by Gasteiger charge is 2.17. The Morgan fingerprint density at radius 2 is 1.67 bits per heavy atom. The summed E-state index contributed by atoms with van der Waals surface area (Å²) in [6, 6.07) is 7.94. The Morgan fingerprint density at radius 3 is 2.14 bits per heavy atom. The van der Waals surface area contributed by atoms with Gasteiger partial charge >= 0.3 is 0 Å². The van der Waals surface area contributed by atoms with Crippen molar-refractivity contribution < 1.29 is 8.42 Å². The van der Waals surface area contributed by atoms with Gasteiger partial charge in [-0.2, -0.15) is 0 Å². The maximum Gasteiger partial charge on any atom is 0.232 e. The van der Waals surface area contributed by atoms with E-state index in [1.165, 1.54) is 0 Å². The molecular weight excluding hydrogens is 284 g/mol. The van der Waals surface area contributed by atoms with E-state index in [2.05, 4.69) is 23.9 Å². The Hall–Kier alpha value is -1.07. The minimum atomic E-state index is -3.27. The van der Waals surface area contributed by atoms with Crippen molar-refractivity contribution in [2.75, 3.05) is 10.5 Å². The molecule has 4 nitrogen and oxygen atoms in total. The molecule has 1 aromatic rings. The molecule has 0 aromatic heterocycles. The van der Waals surface area contributed by atoms with Crippen molar-refractivity contribution in [3.8, 4) is 0 Å². The lowest BCUT2D eigenvalue weighted by molar-refractivity contribution is 0.397. The monoisotopic (exact) mass is 312 g/mol. The van der Waals surface area contributed by atoms with E-state index in [-0.39, 0.29) is 11.2 Å². The molecule has 5 heteroatoms. The van der Waals surface area contributed by atoms with Crippen LogP contribution >= 0.6 is 0 Å². The zero-order chi connectivity index (χ0) is 16.1. The van der Waals surface area contributed by atoms with Gasteiger partial charge in [-0.1, -0.05) is 46.8 Å². The van der Waals surface area contributed by atoms with Gasteiger partial charge in [0.2, 0.25) is 10.0 Å². The lowest BCUT2D eigenvalue weighted by Gasteiger charge is -2.18. The summed E-state index contributed by atoms with van der Waals surface area (Å²) in [7, 11) is -3.27. The van der Waals surface area contributed by atoms with Crippen molar-refractivity contribution in [1.29, 1.82) is 0 Å². The zero-order valence-corrected chi connectivity index (χ0v) is 14.5. The Labute approximate surface area is 129 Å². The van der Waals surface area contributed by atoms with E-state index in [1.54, 1.807) is 0 Å². The molecule has 1 rings (SSSR count). The van der Waals surface area contributed by atoms with Gasteiger partial charge in [-0.15, -0.1) is 0 Å². The highest BCUT2D eigenvalue weighted by molar-refractivity contribution is 7.92. The van der Waals surface area contributed by atoms with Crippen molar-refractivity contribution in [3.63, 3.8) is 0 Å². The molecule has 0 spiro atoms. The first-order chi connectivity index (χ1) is 9.57. The smallest absolute Gasteiger partial charge is 0.232 e. The summed E-state index contributed by atoms with van der Waals surface area (Å²) in [6.45, 7) is 11.1. The van der Waals surface area contributed by atoms with Crippen LogP contribution in [0.3, 0.4) is 0 Å². The molecule has 0 aliphatic rings. The largest absolute Gasteiger partial charge is 0.310 e. The van der Waals surface area contributed by atoms with E-state index in [4.69, 9.17) is 0 Å². The molecule has 21 heavy (non-hydrogen) atoms.